The number of aryl methyl sites for hydroxylation is 2. The first kappa shape index (κ1) is 32.9. The molecule has 4 atom stereocenters. The molecule has 18 heteroatoms. The van der Waals surface area contributed by atoms with Gasteiger partial charge in [0.05, 0.1) is 30.7 Å². The van der Waals surface area contributed by atoms with Crippen LogP contribution in [0, 0.1) is 13.8 Å². The minimum atomic E-state index is -5.14. The number of phosphoric ester groups is 1. The number of carboxylic acids is 1. The maximum absolute atomic E-state index is 12.2. The molecule has 0 amide bonds. The Morgan fingerprint density at radius 1 is 1.19 bits per heavy atom. The molecule has 0 saturated heterocycles. The van der Waals surface area contributed by atoms with Crippen LogP contribution in [0.5, 0.6) is 0 Å². The van der Waals surface area contributed by atoms with E-state index in [1.165, 1.54) is 4.57 Å². The van der Waals surface area contributed by atoms with E-state index in [-0.39, 0.29) is 47.6 Å². The first-order valence-corrected chi connectivity index (χ1v) is 11.7. The maximum Gasteiger partial charge on any atom is 1.00 e. The molecule has 16 nitrogen and oxygen atoms in total. The molecule has 0 spiro atoms. The number of nitrogens with zero attached hydrogens (tertiary/aromatic N) is 3. The maximum atomic E-state index is 12.2. The molecule has 8 N–H and O–H groups in total. The second-order valence-corrected chi connectivity index (χ2v) is 8.87. The number of nitrogens with two attached hydrogens (primary N) is 1. The fraction of sp³-hybridized carbons (Fsp3) is 0.421. The molecule has 0 fully saturated rings. The predicted octanol–water partition coefficient (Wildman–Crippen LogP) is -6.20. The van der Waals surface area contributed by atoms with E-state index in [0.717, 1.165) is 11.1 Å². The molecule has 2 heterocycles. The van der Waals surface area contributed by atoms with Gasteiger partial charge in [0.1, 0.15) is 18.3 Å². The van der Waals surface area contributed by atoms with Crippen LogP contribution in [-0.2, 0) is 20.4 Å². The van der Waals surface area contributed by atoms with Crippen molar-refractivity contribution >= 4 is 24.8 Å². The summed E-state index contributed by atoms with van der Waals surface area (Å²) in [7, 11) is -5.14. The number of hydrogen-bond acceptors (Lipinski definition) is 12. The van der Waals surface area contributed by atoms with E-state index in [9.17, 15) is 39.2 Å². The molecule has 0 aliphatic carbocycles. The molecule has 1 unspecified atom stereocenters. The van der Waals surface area contributed by atoms with E-state index in [4.69, 9.17) is 10.00 Å². The average molecular weight is 553 g/mol. The monoisotopic (exact) mass is 553 g/mol. The number of carbonyl (C=O) groups is 1. The Kier molecular flexibility index (Phi) is 12.1. The third-order valence-corrected chi connectivity index (χ3v) is 5.44. The zero-order valence-electron chi connectivity index (χ0n) is 20.1. The quantitative estimate of drug-likeness (QED) is 0.0777. The normalized spacial score (nSPS) is 15.1. The van der Waals surface area contributed by atoms with E-state index in [2.05, 4.69) is 20.2 Å². The van der Waals surface area contributed by atoms with Crippen molar-refractivity contribution in [3.63, 3.8) is 0 Å². The standard InChI is InChI=1S/C17H21N4O9P.C2H5NO2.Na/c1-7-3-9-10(4-8(7)2)21(15-13(18-9)16(25)20-17(26)19-15)5-11(22)14(24)12(23)6-30-31(27,28)29;3-1-2(4)5;/h3-4,11-12,14,22-24H,5-6H2,1-2H3,(H,20,25,26)(H2,27,28,29);1,3H2,(H,4,5);/q;;+1/p-1/t11-,12+,14-;;/m0../s1. The van der Waals surface area contributed by atoms with Gasteiger partial charge >= 0.3 is 41.2 Å². The summed E-state index contributed by atoms with van der Waals surface area (Å²) in [6.07, 6.45) is -5.49. The Bertz CT molecular complexity index is 1370. The number of aromatic amines is 1. The second-order valence-electron chi connectivity index (χ2n) is 7.68. The molecule has 0 radical (unpaired) electrons. The topological polar surface area (TPSA) is 274 Å². The van der Waals surface area contributed by atoms with Gasteiger partial charge in [0.25, 0.3) is 13.4 Å². The molecule has 1 aromatic carbocycles. The smallest absolute Gasteiger partial charge is 0.756 e. The summed E-state index contributed by atoms with van der Waals surface area (Å²) in [5, 5.41) is 38.1. The summed E-state index contributed by atoms with van der Waals surface area (Å²) >= 11 is 0. The van der Waals surface area contributed by atoms with Crippen LogP contribution in [0.2, 0.25) is 0 Å². The summed E-state index contributed by atoms with van der Waals surface area (Å²) in [6, 6.07) is 3.40. The largest absolute Gasteiger partial charge is 1.00 e. The zero-order chi connectivity index (χ0) is 27.4. The van der Waals surface area contributed by atoms with Crippen molar-refractivity contribution in [2.75, 3.05) is 13.2 Å². The van der Waals surface area contributed by atoms with Crippen LogP contribution in [0.4, 0.5) is 0 Å². The van der Waals surface area contributed by atoms with E-state index >= 15 is 0 Å². The van der Waals surface area contributed by atoms with Gasteiger partial charge in [0.2, 0.25) is 0 Å². The van der Waals surface area contributed by atoms with Crippen LogP contribution in [0.3, 0.4) is 0 Å². The van der Waals surface area contributed by atoms with Gasteiger partial charge in [0, 0.05) is 0 Å². The summed E-state index contributed by atoms with van der Waals surface area (Å²) < 4.78 is 16.0. The van der Waals surface area contributed by atoms with Gasteiger partial charge in [-0.1, -0.05) is 0 Å². The van der Waals surface area contributed by atoms with Crippen molar-refractivity contribution in [2.24, 2.45) is 5.73 Å². The molecular weight excluding hydrogens is 528 g/mol. The molecule has 1 aromatic rings. The number of carboxylic acid groups (broad SMARTS) is 1. The number of nitrogens with one attached hydrogen (secondary N) is 1. The number of aliphatic carboxylic acids is 1. The van der Waals surface area contributed by atoms with Gasteiger partial charge in [-0.3, -0.25) is 19.1 Å². The molecule has 2 aliphatic rings. The molecule has 0 saturated carbocycles. The van der Waals surface area contributed by atoms with Gasteiger partial charge in [-0.05, 0) is 37.1 Å². The van der Waals surface area contributed by atoms with Gasteiger partial charge in [-0.2, -0.15) is 4.98 Å². The Hall–Kier alpha value is -2.08. The van der Waals surface area contributed by atoms with Crippen molar-refractivity contribution in [1.29, 1.82) is 0 Å². The number of benzene rings is 1. The third-order valence-electron chi connectivity index (χ3n) is 4.97. The summed E-state index contributed by atoms with van der Waals surface area (Å²) in [4.78, 5) is 62.5. The van der Waals surface area contributed by atoms with Gasteiger partial charge in [0.15, 0.2) is 11.5 Å². The van der Waals surface area contributed by atoms with E-state index in [1.807, 2.05) is 18.8 Å². The van der Waals surface area contributed by atoms with E-state index < -0.39 is 56.5 Å². The minimum absolute atomic E-state index is 0. The van der Waals surface area contributed by atoms with E-state index in [1.54, 1.807) is 12.1 Å². The average Bonchev–Trinajstić information content (AvgIpc) is 2.78. The van der Waals surface area contributed by atoms with Gasteiger partial charge in [-0.25, -0.2) is 9.78 Å². The Morgan fingerprint density at radius 3 is 2.30 bits per heavy atom. The molecule has 37 heavy (non-hydrogen) atoms. The Labute approximate surface area is 230 Å². The SMILES string of the molecule is Cc1cc2nc3c(=O)[nH]c(=O)nc-3n(C[C@H](O)[C@H](O)[C@H](O)COP(=O)([O-])O)c2cc1C.NCC(=O)O.[Na+]. The number of fused-ring (bicyclic) bond motifs is 2. The van der Waals surface area contributed by atoms with Crippen molar-refractivity contribution < 1.29 is 73.7 Å². The van der Waals surface area contributed by atoms with Gasteiger partial charge in [-0.15, -0.1) is 0 Å². The first-order valence-electron chi connectivity index (χ1n) is 10.2. The molecule has 0 bridgehead atoms. The predicted molar refractivity (Wildman–Crippen MR) is 121 cm³/mol. The Balaban J connectivity index is 0.00000104. The molecule has 3 rings (SSSR count). The molecule has 0 aromatic heterocycles. The van der Waals surface area contributed by atoms with Crippen molar-refractivity contribution in [3.05, 3.63) is 44.1 Å². The third kappa shape index (κ3) is 9.01. The van der Waals surface area contributed by atoms with Crippen molar-refractivity contribution in [2.45, 2.75) is 38.7 Å². The number of aromatic nitrogens is 4. The number of H-pyrrole nitrogens is 1. The zero-order valence-corrected chi connectivity index (χ0v) is 23.0. The summed E-state index contributed by atoms with van der Waals surface area (Å²) in [6.45, 7) is 1.92. The van der Waals surface area contributed by atoms with Gasteiger partial charge < -0.3 is 45.0 Å². The number of aliphatic hydroxyl groups is 3. The molecule has 198 valence electrons. The fourth-order valence-electron chi connectivity index (χ4n) is 3.06. The number of aliphatic hydroxyl groups excluding tert-OH is 3. The van der Waals surface area contributed by atoms with Crippen LogP contribution >= 0.6 is 7.82 Å². The van der Waals surface area contributed by atoms with Crippen LogP contribution < -0.4 is 51.4 Å². The number of phosphoric acid groups is 1. The second kappa shape index (κ2) is 13.6. The van der Waals surface area contributed by atoms with Crippen molar-refractivity contribution in [3.8, 4) is 11.5 Å². The molecular formula is C19H25N5NaO11P. The van der Waals surface area contributed by atoms with E-state index in [0.29, 0.717) is 11.0 Å². The first-order chi connectivity index (χ1) is 16.6. The van der Waals surface area contributed by atoms with Crippen LogP contribution in [0.25, 0.3) is 22.6 Å². The van der Waals surface area contributed by atoms with Crippen molar-refractivity contribution in [1.82, 2.24) is 19.5 Å². The van der Waals surface area contributed by atoms with Crippen LogP contribution in [-0.4, -0.2) is 82.3 Å². The summed E-state index contributed by atoms with van der Waals surface area (Å²) in [5.74, 6) is -1.12. The molecule has 2 aliphatic heterocycles. The van der Waals surface area contributed by atoms with Crippen LogP contribution in [0.1, 0.15) is 11.1 Å². The Morgan fingerprint density at radius 2 is 1.76 bits per heavy atom. The number of rotatable bonds is 8. The summed E-state index contributed by atoms with van der Waals surface area (Å²) in [5.41, 5.74) is 5.14. The fourth-order valence-corrected chi connectivity index (χ4v) is 3.40. The minimum Gasteiger partial charge on any atom is -0.756 e. The number of hydrogen-bond donors (Lipinski definition) is 7. The van der Waals surface area contributed by atoms with Crippen LogP contribution in [0.15, 0.2) is 21.7 Å².